The van der Waals surface area contributed by atoms with E-state index in [1.54, 1.807) is 26.8 Å². The van der Waals surface area contributed by atoms with Crippen LogP contribution < -0.4 is 0 Å². The summed E-state index contributed by atoms with van der Waals surface area (Å²) in [5.41, 5.74) is -4.76. The van der Waals surface area contributed by atoms with Crippen molar-refractivity contribution in [1.29, 1.82) is 0 Å². The zero-order valence-corrected chi connectivity index (χ0v) is 23.9. The van der Waals surface area contributed by atoms with Crippen LogP contribution in [0.2, 0.25) is 0 Å². The lowest BCUT2D eigenvalue weighted by Gasteiger charge is -2.63. The molecular weight excluding hydrogens is 531 g/mol. The highest BCUT2D eigenvalue weighted by Gasteiger charge is 2.80. The number of carbonyl (C=O) groups excluding carboxylic acids is 3. The van der Waals surface area contributed by atoms with Crippen LogP contribution in [0.25, 0.3) is 0 Å². The van der Waals surface area contributed by atoms with Crippen LogP contribution in [-0.2, 0) is 33.3 Å². The van der Waals surface area contributed by atoms with Gasteiger partial charge in [0.1, 0.15) is 18.6 Å². The van der Waals surface area contributed by atoms with Gasteiger partial charge in [0.25, 0.3) is 0 Å². The molecule has 0 bridgehead atoms. The Labute approximate surface area is 233 Å². The van der Waals surface area contributed by atoms with Crippen LogP contribution in [0.3, 0.4) is 0 Å². The number of esters is 1. The van der Waals surface area contributed by atoms with Gasteiger partial charge in [-0.2, -0.15) is 0 Å². The quantitative estimate of drug-likeness (QED) is 0.279. The molecule has 4 aliphatic carbocycles. The van der Waals surface area contributed by atoms with E-state index in [1.165, 1.54) is 6.92 Å². The number of allylic oxidation sites excluding steroid dienone is 4. The first-order valence-corrected chi connectivity index (χ1v) is 14.2. The number of Topliss-reactive ketones (excluding diaryl/α,β-unsaturated/α-hetero) is 1. The number of hydrogen-bond donors (Lipinski definition) is 1. The Balaban J connectivity index is 1.61. The average Bonchev–Trinajstić information content (AvgIpc) is 3.27. The summed E-state index contributed by atoms with van der Waals surface area (Å²) in [6, 6.07) is 0. The molecule has 1 saturated heterocycles. The molecule has 0 radical (unpaired) electrons. The fraction of sp³-hybridized carbons (Fsp3) is 0.759. The number of ketones is 1. The molecule has 10 heteroatoms. The van der Waals surface area contributed by atoms with Gasteiger partial charge >= 0.3 is 5.97 Å². The van der Waals surface area contributed by atoms with E-state index in [0.717, 1.165) is 6.29 Å². The number of halogens is 2. The Morgan fingerprint density at radius 3 is 2.62 bits per heavy atom. The molecule has 2 saturated carbocycles. The fourth-order valence-corrected chi connectivity index (χ4v) is 8.83. The second-order valence-corrected chi connectivity index (χ2v) is 13.0. The van der Waals surface area contributed by atoms with Gasteiger partial charge in [-0.05, 0) is 62.7 Å². The maximum atomic E-state index is 17.8. The van der Waals surface area contributed by atoms with Crippen LogP contribution >= 0.6 is 11.6 Å². The second kappa shape index (κ2) is 9.36. The molecule has 1 heterocycles. The molecule has 216 valence electrons. The van der Waals surface area contributed by atoms with E-state index in [2.05, 4.69) is 0 Å². The van der Waals surface area contributed by atoms with E-state index >= 15 is 4.39 Å². The summed E-state index contributed by atoms with van der Waals surface area (Å²) >= 11 is 5.78. The van der Waals surface area contributed by atoms with E-state index < -0.39 is 70.3 Å². The minimum absolute atomic E-state index is 0.0506. The standard InChI is InChI=1S/C29H38ClFO8/c1-16(33)37-15-23(35)29-24(38-25(2,3)39-29)12-20-21-10-17(14-32)19-11-18(36-9-8-30)6-7-26(19,4)28(21,31)22(34)13-27(20,29)5/h11,14,20-22,24,34H,6-10,12-13,15H2,1-5H3/t20-,21+,22-,24-,26+,27+,28+,29-/m1/s1. The Morgan fingerprint density at radius 2 is 1.97 bits per heavy atom. The SMILES string of the molecule is CC(=O)OCC(=O)[C@@]12OC(C)(C)O[C@@H]1C[C@@H]1[C@@H]3CC(C=O)=C4C=C(OCCCl)CC[C@]4(C)[C@@]3(F)[C@H](O)C[C@@]12C. The van der Waals surface area contributed by atoms with Gasteiger partial charge in [0, 0.05) is 30.1 Å². The molecule has 5 rings (SSSR count). The molecule has 5 aliphatic rings. The highest BCUT2D eigenvalue weighted by Crippen LogP contribution is 2.72. The third kappa shape index (κ3) is 3.82. The lowest BCUT2D eigenvalue weighted by molar-refractivity contribution is -0.248. The molecule has 3 fully saturated rings. The van der Waals surface area contributed by atoms with Crippen molar-refractivity contribution in [2.24, 2.45) is 22.7 Å². The summed E-state index contributed by atoms with van der Waals surface area (Å²) < 4.78 is 41.3. The highest BCUT2D eigenvalue weighted by atomic mass is 35.5. The number of carbonyl (C=O) groups is 3. The molecule has 0 unspecified atom stereocenters. The Kier molecular flexibility index (Phi) is 6.89. The zero-order chi connectivity index (χ0) is 28.6. The Hall–Kier alpha value is -1.81. The smallest absolute Gasteiger partial charge is 0.303 e. The van der Waals surface area contributed by atoms with Crippen molar-refractivity contribution in [3.8, 4) is 0 Å². The highest BCUT2D eigenvalue weighted by molar-refractivity contribution is 6.18. The lowest BCUT2D eigenvalue weighted by atomic mass is 9.44. The summed E-state index contributed by atoms with van der Waals surface area (Å²) in [5, 5.41) is 11.8. The van der Waals surface area contributed by atoms with Crippen molar-refractivity contribution < 1.29 is 42.8 Å². The minimum Gasteiger partial charge on any atom is -0.497 e. The molecule has 0 aromatic rings. The molecule has 0 aromatic heterocycles. The van der Waals surface area contributed by atoms with Crippen molar-refractivity contribution in [1.82, 2.24) is 0 Å². The number of fused-ring (bicyclic) bond motifs is 7. The van der Waals surface area contributed by atoms with Gasteiger partial charge in [0.2, 0.25) is 5.78 Å². The fourth-order valence-electron chi connectivity index (χ4n) is 8.75. The number of aldehydes is 1. The van der Waals surface area contributed by atoms with Gasteiger partial charge in [0.15, 0.2) is 18.0 Å². The largest absolute Gasteiger partial charge is 0.497 e. The van der Waals surface area contributed by atoms with E-state index in [4.69, 9.17) is 30.5 Å². The summed E-state index contributed by atoms with van der Waals surface area (Å²) in [4.78, 5) is 37.8. The second-order valence-electron chi connectivity index (χ2n) is 12.6. The summed E-state index contributed by atoms with van der Waals surface area (Å²) in [6.07, 6.45) is 1.52. The lowest BCUT2D eigenvalue weighted by Crippen LogP contribution is -2.70. The Morgan fingerprint density at radius 1 is 1.26 bits per heavy atom. The third-order valence-electron chi connectivity index (χ3n) is 10.3. The number of aliphatic hydroxyl groups excluding tert-OH is 1. The molecule has 39 heavy (non-hydrogen) atoms. The molecule has 0 amide bonds. The van der Waals surface area contributed by atoms with Crippen molar-refractivity contribution in [2.45, 2.75) is 96.0 Å². The number of aliphatic hydroxyl groups is 1. The predicted octanol–water partition coefficient (Wildman–Crippen LogP) is 3.96. The number of rotatable bonds is 7. The molecular formula is C29H38ClFO8. The topological polar surface area (TPSA) is 108 Å². The first-order chi connectivity index (χ1) is 18.2. The van der Waals surface area contributed by atoms with E-state index in [0.29, 0.717) is 48.7 Å². The predicted molar refractivity (Wildman–Crippen MR) is 138 cm³/mol. The van der Waals surface area contributed by atoms with Gasteiger partial charge in [-0.1, -0.05) is 13.8 Å². The number of hydrogen-bond acceptors (Lipinski definition) is 8. The average molecular weight is 569 g/mol. The van der Waals surface area contributed by atoms with Gasteiger partial charge in [-0.3, -0.25) is 14.4 Å². The minimum atomic E-state index is -2.07. The normalized spacial score (nSPS) is 43.9. The third-order valence-corrected chi connectivity index (χ3v) is 10.4. The maximum absolute atomic E-state index is 17.8. The monoisotopic (exact) mass is 568 g/mol. The van der Waals surface area contributed by atoms with E-state index in [1.807, 2.05) is 6.92 Å². The summed E-state index contributed by atoms with van der Waals surface area (Å²) in [7, 11) is 0. The van der Waals surface area contributed by atoms with Crippen LogP contribution in [-0.4, -0.2) is 71.5 Å². The zero-order valence-electron chi connectivity index (χ0n) is 23.2. The van der Waals surface area contributed by atoms with E-state index in [9.17, 15) is 19.5 Å². The first-order valence-electron chi connectivity index (χ1n) is 13.7. The number of alkyl halides is 2. The van der Waals surface area contributed by atoms with Crippen molar-refractivity contribution in [2.75, 3.05) is 19.1 Å². The van der Waals surface area contributed by atoms with Crippen molar-refractivity contribution in [3.63, 3.8) is 0 Å². The summed E-state index contributed by atoms with van der Waals surface area (Å²) in [5.74, 6) is -2.43. The molecule has 1 aliphatic heterocycles. The van der Waals surface area contributed by atoms with Crippen molar-refractivity contribution >= 4 is 29.6 Å². The van der Waals surface area contributed by atoms with Crippen LogP contribution in [0.4, 0.5) is 4.39 Å². The van der Waals surface area contributed by atoms with Crippen LogP contribution in [0, 0.1) is 22.7 Å². The van der Waals surface area contributed by atoms with Gasteiger partial charge in [0.05, 0.1) is 23.8 Å². The molecule has 1 N–H and O–H groups in total. The Bertz CT molecular complexity index is 1150. The molecule has 0 spiro atoms. The first kappa shape index (κ1) is 28.7. The summed E-state index contributed by atoms with van der Waals surface area (Å²) in [6.45, 7) is 8.07. The van der Waals surface area contributed by atoms with E-state index in [-0.39, 0.29) is 12.8 Å². The van der Waals surface area contributed by atoms with Crippen LogP contribution in [0.5, 0.6) is 0 Å². The maximum Gasteiger partial charge on any atom is 0.303 e. The number of ether oxygens (including phenoxy) is 4. The molecule has 8 nitrogen and oxygen atoms in total. The molecule has 0 aromatic carbocycles. The van der Waals surface area contributed by atoms with Gasteiger partial charge in [-0.15, -0.1) is 11.6 Å². The van der Waals surface area contributed by atoms with Crippen LogP contribution in [0.15, 0.2) is 23.0 Å². The van der Waals surface area contributed by atoms with Gasteiger partial charge in [-0.25, -0.2) is 4.39 Å². The van der Waals surface area contributed by atoms with Gasteiger partial charge < -0.3 is 24.1 Å². The van der Waals surface area contributed by atoms with Crippen molar-refractivity contribution in [3.05, 3.63) is 23.0 Å². The molecule has 8 atom stereocenters. The van der Waals surface area contributed by atoms with Crippen LogP contribution in [0.1, 0.15) is 66.7 Å².